The Morgan fingerprint density at radius 3 is 2.55 bits per heavy atom. The number of rotatable bonds is 5. The van der Waals surface area contributed by atoms with Crippen LogP contribution in [0.1, 0.15) is 60.6 Å². The highest BCUT2D eigenvalue weighted by atomic mass is 32.1. The van der Waals surface area contributed by atoms with Gasteiger partial charge < -0.3 is 14.8 Å². The first-order valence-corrected chi connectivity index (χ1v) is 10.9. The van der Waals surface area contributed by atoms with Crippen LogP contribution < -0.4 is 5.32 Å². The summed E-state index contributed by atoms with van der Waals surface area (Å²) in [5, 5.41) is 4.35. The minimum atomic E-state index is 0.0480. The van der Waals surface area contributed by atoms with E-state index in [1.165, 1.54) is 36.8 Å². The Morgan fingerprint density at radius 2 is 1.79 bits per heavy atom. The Morgan fingerprint density at radius 1 is 1.00 bits per heavy atom. The smallest absolute Gasteiger partial charge is 0.170 e. The molecular formula is C24H26N4S. The van der Waals surface area contributed by atoms with Crippen LogP contribution in [0.2, 0.25) is 0 Å². The number of hydrogen-bond acceptors (Lipinski definition) is 2. The second-order valence-corrected chi connectivity index (χ2v) is 8.46. The van der Waals surface area contributed by atoms with E-state index in [1.807, 2.05) is 18.3 Å². The summed E-state index contributed by atoms with van der Waals surface area (Å²) in [6, 6.07) is 19.7. The minimum Gasteiger partial charge on any atom is -0.352 e. The maximum atomic E-state index is 5.79. The van der Waals surface area contributed by atoms with Crippen LogP contribution in [0.4, 0.5) is 0 Å². The Balaban J connectivity index is 1.50. The number of aromatic nitrogens is 2. The van der Waals surface area contributed by atoms with Crippen LogP contribution in [-0.2, 0) is 6.54 Å². The van der Waals surface area contributed by atoms with Gasteiger partial charge in [0.25, 0.3) is 0 Å². The van der Waals surface area contributed by atoms with E-state index >= 15 is 0 Å². The predicted molar refractivity (Wildman–Crippen MR) is 119 cm³/mol. The van der Waals surface area contributed by atoms with Gasteiger partial charge in [-0.05, 0) is 54.4 Å². The third-order valence-electron chi connectivity index (χ3n) is 6.22. The van der Waals surface area contributed by atoms with Crippen molar-refractivity contribution in [2.75, 3.05) is 0 Å². The first-order valence-electron chi connectivity index (χ1n) is 10.5. The average molecular weight is 403 g/mol. The van der Waals surface area contributed by atoms with Crippen molar-refractivity contribution in [1.29, 1.82) is 0 Å². The van der Waals surface area contributed by atoms with Gasteiger partial charge in [0, 0.05) is 31.2 Å². The van der Waals surface area contributed by atoms with Crippen molar-refractivity contribution in [3.05, 3.63) is 90.0 Å². The van der Waals surface area contributed by atoms with E-state index in [-0.39, 0.29) is 12.1 Å². The zero-order valence-corrected chi connectivity index (χ0v) is 17.3. The second kappa shape index (κ2) is 7.99. The average Bonchev–Trinajstić information content (AvgIpc) is 3.50. The molecule has 1 N–H and O–H groups in total. The molecule has 1 aliphatic carbocycles. The van der Waals surface area contributed by atoms with Crippen molar-refractivity contribution in [3.8, 4) is 0 Å². The molecule has 3 aromatic rings. The third kappa shape index (κ3) is 3.67. The third-order valence-corrected chi connectivity index (χ3v) is 6.57. The highest BCUT2D eigenvalue weighted by Crippen LogP contribution is 2.40. The molecule has 0 unspecified atom stereocenters. The molecular weight excluding hydrogens is 376 g/mol. The largest absolute Gasteiger partial charge is 0.352 e. The van der Waals surface area contributed by atoms with Crippen molar-refractivity contribution in [1.82, 2.24) is 19.8 Å². The number of nitrogens with zero attached hydrogens (tertiary/aromatic N) is 3. The Hall–Kier alpha value is -2.66. The molecule has 29 heavy (non-hydrogen) atoms. The molecule has 0 spiro atoms. The Kier molecular flexibility index (Phi) is 5.06. The summed E-state index contributed by atoms with van der Waals surface area (Å²) in [7, 11) is 0. The molecule has 1 saturated heterocycles. The summed E-state index contributed by atoms with van der Waals surface area (Å²) in [5.74, 6) is 0. The van der Waals surface area contributed by atoms with Gasteiger partial charge in [0.05, 0.1) is 17.8 Å². The highest BCUT2D eigenvalue weighted by Gasteiger charge is 2.40. The lowest BCUT2D eigenvalue weighted by Gasteiger charge is -2.27. The van der Waals surface area contributed by atoms with Gasteiger partial charge in [-0.25, -0.2) is 0 Å². The van der Waals surface area contributed by atoms with E-state index < -0.39 is 0 Å². The molecule has 0 amide bonds. The summed E-state index contributed by atoms with van der Waals surface area (Å²) in [5.41, 5.74) is 3.60. The van der Waals surface area contributed by atoms with Crippen LogP contribution in [0, 0.1) is 0 Å². The molecule has 2 atom stereocenters. The van der Waals surface area contributed by atoms with Gasteiger partial charge in [-0.2, -0.15) is 0 Å². The van der Waals surface area contributed by atoms with Crippen LogP contribution in [0.25, 0.3) is 0 Å². The summed E-state index contributed by atoms with van der Waals surface area (Å²) >= 11 is 5.79. The fraction of sp³-hybridized carbons (Fsp3) is 0.333. The monoisotopic (exact) mass is 402 g/mol. The molecule has 1 aliphatic heterocycles. The number of pyridine rings is 1. The number of nitrogens with one attached hydrogen (secondary N) is 1. The van der Waals surface area contributed by atoms with Gasteiger partial charge in [0.15, 0.2) is 5.11 Å². The molecule has 4 nitrogen and oxygen atoms in total. The van der Waals surface area contributed by atoms with Gasteiger partial charge in [0.2, 0.25) is 0 Å². The first-order chi connectivity index (χ1) is 14.3. The van der Waals surface area contributed by atoms with E-state index in [1.54, 1.807) is 0 Å². The van der Waals surface area contributed by atoms with Gasteiger partial charge in [0.1, 0.15) is 0 Å². The second-order valence-electron chi connectivity index (χ2n) is 8.07. The SMILES string of the molecule is S=C1N[C@@H](c2ccccn2)[C@H](c2ccn(C3CCCC3)c2)N1Cc1ccccc1. The Bertz CT molecular complexity index is 963. The lowest BCUT2D eigenvalue weighted by atomic mass is 9.98. The molecule has 148 valence electrons. The van der Waals surface area contributed by atoms with E-state index in [0.717, 1.165) is 17.4 Å². The highest BCUT2D eigenvalue weighted by molar-refractivity contribution is 7.80. The van der Waals surface area contributed by atoms with Crippen LogP contribution in [0.5, 0.6) is 0 Å². The van der Waals surface area contributed by atoms with Gasteiger partial charge in [-0.3, -0.25) is 4.98 Å². The topological polar surface area (TPSA) is 33.1 Å². The van der Waals surface area contributed by atoms with Crippen molar-refractivity contribution >= 4 is 17.3 Å². The lowest BCUT2D eigenvalue weighted by Crippen LogP contribution is -2.29. The van der Waals surface area contributed by atoms with Crippen LogP contribution in [-0.4, -0.2) is 19.6 Å². The summed E-state index contributed by atoms with van der Waals surface area (Å²) in [6.07, 6.45) is 11.7. The minimum absolute atomic E-state index is 0.0480. The standard InChI is InChI=1S/C24H26N4S/c29-24-26-22(21-12-6-7-14-25-21)23(28(24)16-18-8-2-1-3-9-18)19-13-15-27(17-19)20-10-4-5-11-20/h1-3,6-9,12-15,17,20,22-23H,4-5,10-11,16H2,(H,26,29)/t22-,23-/m0/s1. The zero-order chi connectivity index (χ0) is 19.6. The maximum absolute atomic E-state index is 5.79. The normalized spacial score (nSPS) is 22.2. The molecule has 0 radical (unpaired) electrons. The molecule has 0 bridgehead atoms. The fourth-order valence-electron chi connectivity index (χ4n) is 4.75. The summed E-state index contributed by atoms with van der Waals surface area (Å²) in [4.78, 5) is 6.96. The quantitative estimate of drug-likeness (QED) is 0.597. The lowest BCUT2D eigenvalue weighted by molar-refractivity contribution is 0.310. The van der Waals surface area contributed by atoms with Crippen molar-refractivity contribution < 1.29 is 0 Å². The van der Waals surface area contributed by atoms with Crippen molar-refractivity contribution in [2.45, 2.75) is 50.4 Å². The van der Waals surface area contributed by atoms with E-state index in [9.17, 15) is 0 Å². The number of thiocarbonyl (C=S) groups is 1. The molecule has 5 rings (SSSR count). The number of hydrogen-bond donors (Lipinski definition) is 1. The fourth-order valence-corrected chi connectivity index (χ4v) is 5.06. The van der Waals surface area contributed by atoms with E-state index in [4.69, 9.17) is 12.2 Å². The molecule has 2 fully saturated rings. The van der Waals surface area contributed by atoms with Crippen LogP contribution in [0.3, 0.4) is 0 Å². The summed E-state index contributed by atoms with van der Waals surface area (Å²) in [6.45, 7) is 0.787. The molecule has 1 aromatic carbocycles. The predicted octanol–water partition coefficient (Wildman–Crippen LogP) is 5.17. The molecule has 1 saturated carbocycles. The maximum Gasteiger partial charge on any atom is 0.170 e. The van der Waals surface area contributed by atoms with Crippen LogP contribution >= 0.6 is 12.2 Å². The molecule has 3 heterocycles. The van der Waals surface area contributed by atoms with Gasteiger partial charge in [-0.15, -0.1) is 0 Å². The van der Waals surface area contributed by atoms with E-state index in [2.05, 4.69) is 74.6 Å². The van der Waals surface area contributed by atoms with E-state index in [0.29, 0.717) is 6.04 Å². The zero-order valence-electron chi connectivity index (χ0n) is 16.4. The van der Waals surface area contributed by atoms with Gasteiger partial charge in [-0.1, -0.05) is 49.2 Å². The Labute approximate surface area is 177 Å². The van der Waals surface area contributed by atoms with Gasteiger partial charge >= 0.3 is 0 Å². The molecule has 2 aromatic heterocycles. The molecule has 5 heteroatoms. The number of benzene rings is 1. The van der Waals surface area contributed by atoms with Crippen molar-refractivity contribution in [3.63, 3.8) is 0 Å². The molecule has 2 aliphatic rings. The first kappa shape index (κ1) is 18.4. The summed E-state index contributed by atoms with van der Waals surface area (Å²) < 4.78 is 2.42. The van der Waals surface area contributed by atoms with Crippen molar-refractivity contribution in [2.24, 2.45) is 0 Å². The van der Waals surface area contributed by atoms with Crippen LogP contribution in [0.15, 0.2) is 73.2 Å².